The van der Waals surface area contributed by atoms with Crippen molar-refractivity contribution in [3.63, 3.8) is 0 Å². The number of carbonyl (C=O) groups excluding carboxylic acids is 1. The minimum absolute atomic E-state index is 0.00162. The fraction of sp³-hybridized carbons (Fsp3) is 0.467. The van der Waals surface area contributed by atoms with Crippen molar-refractivity contribution >= 4 is 5.78 Å². The van der Waals surface area contributed by atoms with E-state index in [1.807, 2.05) is 30.3 Å². The molecule has 2 rings (SSSR count). The molecule has 0 unspecified atom stereocenters. The van der Waals surface area contributed by atoms with E-state index in [0.717, 1.165) is 31.7 Å². The molecule has 1 aromatic carbocycles. The molecule has 4 nitrogen and oxygen atoms in total. The third kappa shape index (κ3) is 3.63. The average Bonchev–Trinajstić information content (AvgIpc) is 2.43. The van der Waals surface area contributed by atoms with Gasteiger partial charge in [0.25, 0.3) is 0 Å². The molecule has 1 atom stereocenters. The molecular formula is C15H19N3O. The molecule has 0 amide bonds. The van der Waals surface area contributed by atoms with Gasteiger partial charge in [-0.3, -0.25) is 9.69 Å². The zero-order valence-corrected chi connectivity index (χ0v) is 11.2. The second-order valence-corrected chi connectivity index (χ2v) is 5.02. The Bertz CT molecular complexity index is 458. The Labute approximate surface area is 114 Å². The zero-order valence-electron chi connectivity index (χ0n) is 11.2. The van der Waals surface area contributed by atoms with Crippen molar-refractivity contribution in [1.82, 2.24) is 9.80 Å². The lowest BCUT2D eigenvalue weighted by Gasteiger charge is -2.32. The topological polar surface area (TPSA) is 47.3 Å². The van der Waals surface area contributed by atoms with Gasteiger partial charge in [-0.15, -0.1) is 0 Å². The number of piperazine rings is 1. The highest BCUT2D eigenvalue weighted by atomic mass is 16.1. The molecule has 1 fully saturated rings. The molecule has 100 valence electrons. The summed E-state index contributed by atoms with van der Waals surface area (Å²) in [5.74, 6) is -0.640. The van der Waals surface area contributed by atoms with Crippen molar-refractivity contribution in [2.75, 3.05) is 39.8 Å². The van der Waals surface area contributed by atoms with E-state index in [9.17, 15) is 10.1 Å². The van der Waals surface area contributed by atoms with Crippen LogP contribution >= 0.6 is 0 Å². The summed E-state index contributed by atoms with van der Waals surface area (Å²) in [6.45, 7) is 4.14. The van der Waals surface area contributed by atoms with Gasteiger partial charge in [-0.05, 0) is 12.6 Å². The fourth-order valence-electron chi connectivity index (χ4n) is 2.30. The van der Waals surface area contributed by atoms with Crippen LogP contribution in [0.4, 0.5) is 0 Å². The summed E-state index contributed by atoms with van der Waals surface area (Å²) in [6, 6.07) is 11.4. The van der Waals surface area contributed by atoms with Crippen LogP contribution in [0.2, 0.25) is 0 Å². The van der Waals surface area contributed by atoms with Gasteiger partial charge in [0.15, 0.2) is 5.78 Å². The highest BCUT2D eigenvalue weighted by molar-refractivity contribution is 5.90. The highest BCUT2D eigenvalue weighted by Crippen LogP contribution is 2.16. The van der Waals surface area contributed by atoms with E-state index < -0.39 is 5.92 Å². The van der Waals surface area contributed by atoms with E-state index in [-0.39, 0.29) is 5.78 Å². The standard InChI is InChI=1S/C15H19N3O/c1-17-7-9-18(10-8-17)12-15(19)14(11-16)13-5-3-2-4-6-13/h2-6,14H,7-10,12H2,1H3/t14-/m1/s1. The van der Waals surface area contributed by atoms with Crippen molar-refractivity contribution in [3.05, 3.63) is 35.9 Å². The lowest BCUT2D eigenvalue weighted by molar-refractivity contribution is -0.120. The molecule has 0 saturated carbocycles. The normalized spacial score (nSPS) is 18.7. The van der Waals surface area contributed by atoms with Gasteiger partial charge >= 0.3 is 0 Å². The first-order valence-corrected chi connectivity index (χ1v) is 6.59. The SMILES string of the molecule is CN1CCN(CC(=O)[C@H](C#N)c2ccccc2)CC1. The maximum absolute atomic E-state index is 12.2. The van der Waals surface area contributed by atoms with Gasteiger partial charge < -0.3 is 4.90 Å². The average molecular weight is 257 g/mol. The lowest BCUT2D eigenvalue weighted by Crippen LogP contribution is -2.46. The number of carbonyl (C=O) groups is 1. The zero-order chi connectivity index (χ0) is 13.7. The van der Waals surface area contributed by atoms with Crippen molar-refractivity contribution in [3.8, 4) is 6.07 Å². The number of nitrogens with zero attached hydrogens (tertiary/aromatic N) is 3. The maximum Gasteiger partial charge on any atom is 0.168 e. The van der Waals surface area contributed by atoms with E-state index in [2.05, 4.69) is 22.9 Å². The van der Waals surface area contributed by atoms with Crippen LogP contribution in [-0.2, 0) is 4.79 Å². The summed E-state index contributed by atoms with van der Waals surface area (Å²) in [5, 5.41) is 9.22. The molecule has 0 aromatic heterocycles. The molecule has 1 aliphatic heterocycles. The number of benzene rings is 1. The van der Waals surface area contributed by atoms with E-state index in [0.29, 0.717) is 6.54 Å². The van der Waals surface area contributed by atoms with Crippen LogP contribution in [0.5, 0.6) is 0 Å². The number of hydrogen-bond acceptors (Lipinski definition) is 4. The number of ketones is 1. The predicted molar refractivity (Wildman–Crippen MR) is 73.7 cm³/mol. The van der Waals surface area contributed by atoms with Crippen LogP contribution in [0.3, 0.4) is 0 Å². The first kappa shape index (κ1) is 13.7. The molecular weight excluding hydrogens is 238 g/mol. The van der Waals surface area contributed by atoms with Gasteiger partial charge in [0, 0.05) is 26.2 Å². The molecule has 0 spiro atoms. The lowest BCUT2D eigenvalue weighted by atomic mass is 9.96. The van der Waals surface area contributed by atoms with Crippen LogP contribution in [0, 0.1) is 11.3 Å². The Morgan fingerprint density at radius 3 is 2.47 bits per heavy atom. The van der Waals surface area contributed by atoms with Gasteiger partial charge in [0.05, 0.1) is 12.6 Å². The number of likely N-dealkylation sites (N-methyl/N-ethyl adjacent to an activating group) is 1. The minimum atomic E-state index is -0.638. The molecule has 4 heteroatoms. The second kappa shape index (κ2) is 6.46. The quantitative estimate of drug-likeness (QED) is 0.810. The highest BCUT2D eigenvalue weighted by Gasteiger charge is 2.23. The molecule has 1 aliphatic rings. The molecule has 1 heterocycles. The molecule has 0 aliphatic carbocycles. The van der Waals surface area contributed by atoms with Gasteiger partial charge in [-0.2, -0.15) is 5.26 Å². The van der Waals surface area contributed by atoms with Crippen LogP contribution in [0.25, 0.3) is 0 Å². The van der Waals surface area contributed by atoms with Crippen LogP contribution in [0.1, 0.15) is 11.5 Å². The first-order valence-electron chi connectivity index (χ1n) is 6.59. The molecule has 0 N–H and O–H groups in total. The number of Topliss-reactive ketones (excluding diaryl/α,β-unsaturated/α-hetero) is 1. The summed E-state index contributed by atoms with van der Waals surface area (Å²) in [4.78, 5) is 16.6. The third-order valence-electron chi connectivity index (χ3n) is 3.56. The van der Waals surface area contributed by atoms with Crippen molar-refractivity contribution in [2.45, 2.75) is 5.92 Å². The largest absolute Gasteiger partial charge is 0.304 e. The molecule has 0 bridgehead atoms. The van der Waals surface area contributed by atoms with Gasteiger partial charge in [-0.1, -0.05) is 30.3 Å². The van der Waals surface area contributed by atoms with Crippen molar-refractivity contribution in [1.29, 1.82) is 5.26 Å². The minimum Gasteiger partial charge on any atom is -0.304 e. The summed E-state index contributed by atoms with van der Waals surface area (Å²) >= 11 is 0. The van der Waals surface area contributed by atoms with Crippen molar-refractivity contribution in [2.24, 2.45) is 0 Å². The molecule has 0 radical (unpaired) electrons. The van der Waals surface area contributed by atoms with E-state index >= 15 is 0 Å². The number of nitriles is 1. The Morgan fingerprint density at radius 2 is 1.89 bits per heavy atom. The van der Waals surface area contributed by atoms with E-state index in [1.54, 1.807) is 0 Å². The third-order valence-corrected chi connectivity index (χ3v) is 3.56. The van der Waals surface area contributed by atoms with Crippen LogP contribution < -0.4 is 0 Å². The molecule has 1 saturated heterocycles. The molecule has 1 aromatic rings. The van der Waals surface area contributed by atoms with Gasteiger partial charge in [0.2, 0.25) is 0 Å². The smallest absolute Gasteiger partial charge is 0.168 e. The number of hydrogen-bond donors (Lipinski definition) is 0. The van der Waals surface area contributed by atoms with Gasteiger partial charge in [-0.25, -0.2) is 0 Å². The maximum atomic E-state index is 12.2. The summed E-state index contributed by atoms with van der Waals surface area (Å²) < 4.78 is 0. The van der Waals surface area contributed by atoms with Crippen LogP contribution in [-0.4, -0.2) is 55.4 Å². The summed E-state index contributed by atoms with van der Waals surface area (Å²) in [6.07, 6.45) is 0. The molecule has 19 heavy (non-hydrogen) atoms. The Morgan fingerprint density at radius 1 is 1.26 bits per heavy atom. The van der Waals surface area contributed by atoms with Crippen molar-refractivity contribution < 1.29 is 4.79 Å². The fourth-order valence-corrected chi connectivity index (χ4v) is 2.30. The first-order chi connectivity index (χ1) is 9.20. The predicted octanol–water partition coefficient (Wildman–Crippen LogP) is 1.11. The summed E-state index contributed by atoms with van der Waals surface area (Å²) in [7, 11) is 2.08. The monoisotopic (exact) mass is 257 g/mol. The van der Waals surface area contributed by atoms with Crippen LogP contribution in [0.15, 0.2) is 30.3 Å². The van der Waals surface area contributed by atoms with E-state index in [1.165, 1.54) is 0 Å². The Balaban J connectivity index is 1.97. The van der Waals surface area contributed by atoms with Gasteiger partial charge in [0.1, 0.15) is 5.92 Å². The van der Waals surface area contributed by atoms with E-state index in [4.69, 9.17) is 0 Å². The summed E-state index contributed by atoms with van der Waals surface area (Å²) in [5.41, 5.74) is 0.795. The number of rotatable bonds is 4. The Kier molecular flexibility index (Phi) is 4.67. The second-order valence-electron chi connectivity index (χ2n) is 5.02. The Hall–Kier alpha value is -1.70.